The minimum absolute atomic E-state index is 0.330. The van der Waals surface area contributed by atoms with Crippen LogP contribution in [-0.4, -0.2) is 29.1 Å². The van der Waals surface area contributed by atoms with Gasteiger partial charge in [-0.25, -0.2) is 0 Å². The van der Waals surface area contributed by atoms with Crippen molar-refractivity contribution in [2.45, 2.75) is 46.6 Å². The van der Waals surface area contributed by atoms with Gasteiger partial charge in [0.25, 0.3) is 0 Å². The third kappa shape index (κ3) is 3.83. The van der Waals surface area contributed by atoms with Gasteiger partial charge in [0.1, 0.15) is 0 Å². The maximum Gasteiger partial charge on any atom is 0.303 e. The summed E-state index contributed by atoms with van der Waals surface area (Å²) in [7, 11) is 0. The summed E-state index contributed by atoms with van der Waals surface area (Å²) in [6.45, 7) is 9.53. The van der Waals surface area contributed by atoms with Crippen LogP contribution in [0.4, 0.5) is 0 Å². The van der Waals surface area contributed by atoms with Crippen LogP contribution >= 0.6 is 0 Å². The highest BCUT2D eigenvalue weighted by molar-refractivity contribution is 5.67. The van der Waals surface area contributed by atoms with Gasteiger partial charge in [0, 0.05) is 13.0 Å². The monoisotopic (exact) mass is 275 g/mol. The Morgan fingerprint density at radius 1 is 1.15 bits per heavy atom. The van der Waals surface area contributed by atoms with Crippen molar-refractivity contribution in [3.05, 3.63) is 34.4 Å². The Balaban J connectivity index is 1.93. The van der Waals surface area contributed by atoms with E-state index in [0.717, 1.165) is 32.5 Å². The van der Waals surface area contributed by atoms with E-state index < -0.39 is 5.97 Å². The van der Waals surface area contributed by atoms with Gasteiger partial charge >= 0.3 is 5.97 Å². The Labute approximate surface area is 121 Å². The number of piperidine rings is 1. The van der Waals surface area contributed by atoms with Crippen LogP contribution in [0.5, 0.6) is 0 Å². The van der Waals surface area contributed by atoms with Crippen LogP contribution in [0.15, 0.2) is 12.1 Å². The topological polar surface area (TPSA) is 40.5 Å². The number of rotatable bonds is 4. The molecular weight excluding hydrogens is 250 g/mol. The highest BCUT2D eigenvalue weighted by Gasteiger charge is 2.21. The summed E-state index contributed by atoms with van der Waals surface area (Å²) in [6.07, 6.45) is 2.35. The third-order valence-corrected chi connectivity index (χ3v) is 4.52. The molecule has 0 saturated carbocycles. The van der Waals surface area contributed by atoms with Crippen LogP contribution in [-0.2, 0) is 11.3 Å². The fourth-order valence-corrected chi connectivity index (χ4v) is 3.03. The molecule has 0 aromatic heterocycles. The lowest BCUT2D eigenvalue weighted by Gasteiger charge is -2.31. The molecule has 0 aliphatic carbocycles. The predicted molar refractivity (Wildman–Crippen MR) is 80.9 cm³/mol. The Kier molecular flexibility index (Phi) is 4.81. The van der Waals surface area contributed by atoms with E-state index in [1.54, 1.807) is 0 Å². The predicted octanol–water partition coefficient (Wildman–Crippen LogP) is 3.30. The second-order valence-electron chi connectivity index (χ2n) is 6.18. The van der Waals surface area contributed by atoms with E-state index in [4.69, 9.17) is 5.11 Å². The summed E-state index contributed by atoms with van der Waals surface area (Å²) < 4.78 is 0. The molecule has 2 rings (SSSR count). The fourth-order valence-electron chi connectivity index (χ4n) is 3.03. The molecule has 0 atom stereocenters. The Morgan fingerprint density at radius 2 is 1.75 bits per heavy atom. The first-order valence-electron chi connectivity index (χ1n) is 7.46. The summed E-state index contributed by atoms with van der Waals surface area (Å²) in [5, 5.41) is 8.85. The van der Waals surface area contributed by atoms with E-state index in [1.807, 2.05) is 0 Å². The maximum absolute atomic E-state index is 10.7. The van der Waals surface area contributed by atoms with E-state index in [2.05, 4.69) is 37.8 Å². The number of hydrogen-bond acceptors (Lipinski definition) is 2. The Bertz CT molecular complexity index is 488. The van der Waals surface area contributed by atoms with Crippen LogP contribution in [0.25, 0.3) is 0 Å². The number of carboxylic acids is 1. The number of benzene rings is 1. The molecule has 1 aliphatic heterocycles. The van der Waals surface area contributed by atoms with E-state index in [9.17, 15) is 4.79 Å². The smallest absolute Gasteiger partial charge is 0.303 e. The molecular formula is C17H25NO2. The Morgan fingerprint density at radius 3 is 2.35 bits per heavy atom. The van der Waals surface area contributed by atoms with Crippen molar-refractivity contribution in [3.63, 3.8) is 0 Å². The maximum atomic E-state index is 10.7. The Hall–Kier alpha value is -1.35. The first kappa shape index (κ1) is 15.0. The largest absolute Gasteiger partial charge is 0.481 e. The molecule has 3 nitrogen and oxygen atoms in total. The molecule has 3 heteroatoms. The summed E-state index contributed by atoms with van der Waals surface area (Å²) in [4.78, 5) is 13.2. The number of aryl methyl sites for hydroxylation is 3. The van der Waals surface area contributed by atoms with Crippen molar-refractivity contribution < 1.29 is 9.90 Å². The van der Waals surface area contributed by atoms with Crippen molar-refractivity contribution in [2.75, 3.05) is 13.1 Å². The van der Waals surface area contributed by atoms with Gasteiger partial charge in [0.2, 0.25) is 0 Å². The molecule has 0 bridgehead atoms. The van der Waals surface area contributed by atoms with E-state index >= 15 is 0 Å². The van der Waals surface area contributed by atoms with Gasteiger partial charge in [-0.2, -0.15) is 0 Å². The lowest BCUT2D eigenvalue weighted by atomic mass is 9.93. The molecule has 1 aromatic carbocycles. The number of carbonyl (C=O) groups is 1. The van der Waals surface area contributed by atoms with Crippen molar-refractivity contribution >= 4 is 5.97 Å². The van der Waals surface area contributed by atoms with Crippen LogP contribution < -0.4 is 0 Å². The van der Waals surface area contributed by atoms with Crippen molar-refractivity contribution in [3.8, 4) is 0 Å². The highest BCUT2D eigenvalue weighted by atomic mass is 16.4. The standard InChI is InChI=1S/C17H25NO2/c1-12-8-14(3)16(9-13(12)2)11-18-6-4-15(5-7-18)10-17(19)20/h8-9,15H,4-7,10-11H2,1-3H3,(H,19,20). The molecule has 20 heavy (non-hydrogen) atoms. The number of aliphatic carboxylic acids is 1. The first-order chi connectivity index (χ1) is 9.45. The quantitative estimate of drug-likeness (QED) is 0.916. The van der Waals surface area contributed by atoms with Crippen molar-refractivity contribution in [2.24, 2.45) is 5.92 Å². The lowest BCUT2D eigenvalue weighted by Crippen LogP contribution is -2.34. The van der Waals surface area contributed by atoms with Gasteiger partial charge in [0.05, 0.1) is 0 Å². The first-order valence-corrected chi connectivity index (χ1v) is 7.46. The van der Waals surface area contributed by atoms with Crippen LogP contribution in [0.3, 0.4) is 0 Å². The molecule has 1 N–H and O–H groups in total. The molecule has 1 aromatic rings. The number of hydrogen-bond donors (Lipinski definition) is 1. The van der Waals surface area contributed by atoms with Gasteiger partial charge in [-0.1, -0.05) is 12.1 Å². The molecule has 1 heterocycles. The normalized spacial score (nSPS) is 17.4. The van der Waals surface area contributed by atoms with Crippen LogP contribution in [0.2, 0.25) is 0 Å². The summed E-state index contributed by atoms with van der Waals surface area (Å²) >= 11 is 0. The molecule has 0 unspecified atom stereocenters. The van der Waals surface area contributed by atoms with Gasteiger partial charge in [-0.05, 0) is 74.9 Å². The highest BCUT2D eigenvalue weighted by Crippen LogP contribution is 2.23. The molecule has 1 fully saturated rings. The summed E-state index contributed by atoms with van der Waals surface area (Å²) in [5.74, 6) is -0.293. The minimum atomic E-state index is -0.659. The van der Waals surface area contributed by atoms with Crippen molar-refractivity contribution in [1.82, 2.24) is 4.90 Å². The van der Waals surface area contributed by atoms with Gasteiger partial charge in [-0.15, -0.1) is 0 Å². The third-order valence-electron chi connectivity index (χ3n) is 4.52. The average Bonchev–Trinajstić information content (AvgIpc) is 2.37. The number of likely N-dealkylation sites (tertiary alicyclic amines) is 1. The SMILES string of the molecule is Cc1cc(C)c(CN2CCC(CC(=O)O)CC2)cc1C. The van der Waals surface area contributed by atoms with Gasteiger partial charge in [-0.3, -0.25) is 9.69 Å². The fraction of sp³-hybridized carbons (Fsp3) is 0.588. The molecule has 0 spiro atoms. The van der Waals surface area contributed by atoms with Crippen LogP contribution in [0, 0.1) is 26.7 Å². The van der Waals surface area contributed by atoms with Crippen molar-refractivity contribution in [1.29, 1.82) is 0 Å². The lowest BCUT2D eigenvalue weighted by molar-refractivity contribution is -0.138. The summed E-state index contributed by atoms with van der Waals surface area (Å²) in [6, 6.07) is 4.57. The second kappa shape index (κ2) is 6.40. The van der Waals surface area contributed by atoms with E-state index in [-0.39, 0.29) is 0 Å². The van der Waals surface area contributed by atoms with Crippen LogP contribution in [0.1, 0.15) is 41.5 Å². The van der Waals surface area contributed by atoms with Gasteiger partial charge < -0.3 is 5.11 Å². The molecule has 0 radical (unpaired) electrons. The zero-order valence-corrected chi connectivity index (χ0v) is 12.8. The average molecular weight is 275 g/mol. The second-order valence-corrected chi connectivity index (χ2v) is 6.18. The zero-order valence-electron chi connectivity index (χ0n) is 12.8. The minimum Gasteiger partial charge on any atom is -0.481 e. The zero-order chi connectivity index (χ0) is 14.7. The number of carboxylic acid groups (broad SMARTS) is 1. The van der Waals surface area contributed by atoms with E-state index in [0.29, 0.717) is 12.3 Å². The summed E-state index contributed by atoms with van der Waals surface area (Å²) in [5.41, 5.74) is 5.48. The van der Waals surface area contributed by atoms with Gasteiger partial charge in [0.15, 0.2) is 0 Å². The molecule has 0 amide bonds. The molecule has 110 valence electrons. The molecule has 1 aliphatic rings. The molecule has 1 saturated heterocycles. The van der Waals surface area contributed by atoms with E-state index in [1.165, 1.54) is 22.3 Å². The number of nitrogens with zero attached hydrogens (tertiary/aromatic N) is 1.